The van der Waals surface area contributed by atoms with Gasteiger partial charge in [-0.05, 0) is 45.8 Å². The van der Waals surface area contributed by atoms with E-state index in [9.17, 15) is 0 Å². The molecule has 0 spiro atoms. The Morgan fingerprint density at radius 2 is 2.31 bits per heavy atom. The summed E-state index contributed by atoms with van der Waals surface area (Å²) in [7, 11) is 0. The lowest BCUT2D eigenvalue weighted by Crippen LogP contribution is -2.39. The van der Waals surface area contributed by atoms with Crippen LogP contribution >= 0.6 is 15.9 Å². The average molecular weight is 284 g/mol. The van der Waals surface area contributed by atoms with Crippen molar-refractivity contribution < 1.29 is 0 Å². The molecule has 0 aromatic carbocycles. The molecule has 1 aromatic heterocycles. The summed E-state index contributed by atoms with van der Waals surface area (Å²) in [5.41, 5.74) is 4.46. The van der Waals surface area contributed by atoms with E-state index < -0.39 is 0 Å². The Balaban J connectivity index is 2.00. The van der Waals surface area contributed by atoms with Crippen LogP contribution in [0.25, 0.3) is 0 Å². The van der Waals surface area contributed by atoms with Crippen molar-refractivity contribution in [3.05, 3.63) is 28.5 Å². The highest BCUT2D eigenvalue weighted by Crippen LogP contribution is 2.53. The van der Waals surface area contributed by atoms with Crippen LogP contribution in [0.1, 0.15) is 26.0 Å². The molecule has 2 unspecified atom stereocenters. The molecule has 0 amide bonds. The molecule has 0 aliphatic heterocycles. The van der Waals surface area contributed by atoms with Gasteiger partial charge in [0.2, 0.25) is 0 Å². The SMILES string of the molecule is CC1(C)CC1C(Cc1ccc(Br)cn1)NN. The summed E-state index contributed by atoms with van der Waals surface area (Å²) < 4.78 is 1.01. The van der Waals surface area contributed by atoms with Crippen molar-refractivity contribution in [1.82, 2.24) is 10.4 Å². The molecule has 2 atom stereocenters. The fourth-order valence-corrected chi connectivity index (χ4v) is 2.50. The van der Waals surface area contributed by atoms with Crippen LogP contribution in [-0.4, -0.2) is 11.0 Å². The predicted molar refractivity (Wildman–Crippen MR) is 68.6 cm³/mol. The van der Waals surface area contributed by atoms with Crippen molar-refractivity contribution in [2.45, 2.75) is 32.7 Å². The lowest BCUT2D eigenvalue weighted by atomic mass is 10.0. The predicted octanol–water partition coefficient (Wildman–Crippen LogP) is 2.26. The standard InChI is InChI=1S/C12H18BrN3/c1-12(2)6-10(12)11(16-14)5-9-4-3-8(13)7-15-9/h3-4,7,10-11,16H,5-6,14H2,1-2H3. The van der Waals surface area contributed by atoms with Crippen LogP contribution in [0.5, 0.6) is 0 Å². The van der Waals surface area contributed by atoms with Gasteiger partial charge in [0.05, 0.1) is 0 Å². The lowest BCUT2D eigenvalue weighted by Gasteiger charge is -2.17. The van der Waals surface area contributed by atoms with Crippen LogP contribution in [0.2, 0.25) is 0 Å². The van der Waals surface area contributed by atoms with Crippen molar-refractivity contribution in [3.8, 4) is 0 Å². The second-order valence-electron chi connectivity index (χ2n) is 5.24. The first kappa shape index (κ1) is 12.0. The van der Waals surface area contributed by atoms with Crippen molar-refractivity contribution in [1.29, 1.82) is 0 Å². The molecular weight excluding hydrogens is 266 g/mol. The van der Waals surface area contributed by atoms with Crippen molar-refractivity contribution in [3.63, 3.8) is 0 Å². The molecule has 1 fully saturated rings. The second kappa shape index (κ2) is 4.43. The number of pyridine rings is 1. The number of rotatable bonds is 4. The van der Waals surface area contributed by atoms with E-state index in [1.807, 2.05) is 18.3 Å². The molecule has 2 rings (SSSR count). The fraction of sp³-hybridized carbons (Fsp3) is 0.583. The smallest absolute Gasteiger partial charge is 0.0420 e. The summed E-state index contributed by atoms with van der Waals surface area (Å²) in [5.74, 6) is 6.29. The molecule has 3 nitrogen and oxygen atoms in total. The highest BCUT2D eigenvalue weighted by molar-refractivity contribution is 9.10. The summed E-state index contributed by atoms with van der Waals surface area (Å²) in [6.07, 6.45) is 3.98. The Bertz CT molecular complexity index is 361. The average Bonchev–Trinajstić information content (AvgIpc) is 2.87. The van der Waals surface area contributed by atoms with Gasteiger partial charge in [-0.2, -0.15) is 0 Å². The molecule has 0 radical (unpaired) electrons. The molecule has 4 heteroatoms. The zero-order valence-corrected chi connectivity index (χ0v) is 11.3. The Morgan fingerprint density at radius 1 is 1.62 bits per heavy atom. The molecule has 16 heavy (non-hydrogen) atoms. The molecule has 0 bridgehead atoms. The number of nitrogens with two attached hydrogens (primary N) is 1. The third-order valence-electron chi connectivity index (χ3n) is 3.51. The normalized spacial score (nSPS) is 24.1. The zero-order chi connectivity index (χ0) is 11.8. The minimum absolute atomic E-state index is 0.337. The van der Waals surface area contributed by atoms with Gasteiger partial charge in [0.15, 0.2) is 0 Å². The van der Waals surface area contributed by atoms with Gasteiger partial charge < -0.3 is 0 Å². The first-order chi connectivity index (χ1) is 7.53. The molecule has 0 saturated heterocycles. The maximum absolute atomic E-state index is 5.63. The first-order valence-corrected chi connectivity index (χ1v) is 6.39. The largest absolute Gasteiger partial charge is 0.271 e. The molecular formula is C12H18BrN3. The van der Waals surface area contributed by atoms with Crippen molar-refractivity contribution in [2.24, 2.45) is 17.2 Å². The van der Waals surface area contributed by atoms with Crippen LogP contribution in [0.15, 0.2) is 22.8 Å². The number of hydrogen-bond donors (Lipinski definition) is 2. The number of nitrogens with zero attached hydrogens (tertiary/aromatic N) is 1. The summed E-state index contributed by atoms with van der Waals surface area (Å²) in [5, 5.41) is 0. The van der Waals surface area contributed by atoms with E-state index in [1.54, 1.807) is 0 Å². The van der Waals surface area contributed by atoms with Gasteiger partial charge in [-0.3, -0.25) is 16.3 Å². The van der Waals surface area contributed by atoms with Gasteiger partial charge in [-0.15, -0.1) is 0 Å². The Kier molecular flexibility index (Phi) is 3.33. The zero-order valence-electron chi connectivity index (χ0n) is 9.70. The maximum atomic E-state index is 5.63. The molecule has 3 N–H and O–H groups in total. The van der Waals surface area contributed by atoms with Gasteiger partial charge in [0.1, 0.15) is 0 Å². The van der Waals surface area contributed by atoms with Gasteiger partial charge >= 0.3 is 0 Å². The van der Waals surface area contributed by atoms with Gasteiger partial charge in [0, 0.05) is 28.8 Å². The molecule has 1 heterocycles. The van der Waals surface area contributed by atoms with E-state index in [1.165, 1.54) is 6.42 Å². The molecule has 88 valence electrons. The third-order valence-corrected chi connectivity index (χ3v) is 3.98. The van der Waals surface area contributed by atoms with E-state index in [2.05, 4.69) is 40.2 Å². The van der Waals surface area contributed by atoms with Gasteiger partial charge in [-0.25, -0.2) is 0 Å². The summed E-state index contributed by atoms with van der Waals surface area (Å²) in [4.78, 5) is 4.38. The van der Waals surface area contributed by atoms with E-state index >= 15 is 0 Å². The fourth-order valence-electron chi connectivity index (χ4n) is 2.26. The monoisotopic (exact) mass is 283 g/mol. The van der Waals surface area contributed by atoms with Crippen LogP contribution in [-0.2, 0) is 6.42 Å². The quantitative estimate of drug-likeness (QED) is 0.658. The molecule has 1 aliphatic rings. The van der Waals surface area contributed by atoms with Gasteiger partial charge in [0.25, 0.3) is 0 Å². The Labute approximate surface area is 105 Å². The topological polar surface area (TPSA) is 50.9 Å². The van der Waals surface area contributed by atoms with Crippen LogP contribution in [0.4, 0.5) is 0 Å². The molecule has 1 aliphatic carbocycles. The minimum atomic E-state index is 0.337. The van der Waals surface area contributed by atoms with Crippen LogP contribution in [0.3, 0.4) is 0 Å². The Hall–Kier alpha value is -0.450. The Morgan fingerprint density at radius 3 is 2.75 bits per heavy atom. The first-order valence-electron chi connectivity index (χ1n) is 5.59. The van der Waals surface area contributed by atoms with Crippen LogP contribution in [0, 0.1) is 11.3 Å². The lowest BCUT2D eigenvalue weighted by molar-refractivity contribution is 0.406. The minimum Gasteiger partial charge on any atom is -0.271 e. The third kappa shape index (κ3) is 2.62. The summed E-state index contributed by atoms with van der Waals surface area (Å²) in [6, 6.07) is 4.40. The number of halogens is 1. The van der Waals surface area contributed by atoms with E-state index in [-0.39, 0.29) is 0 Å². The molecule has 1 saturated carbocycles. The van der Waals surface area contributed by atoms with Crippen molar-refractivity contribution >= 4 is 15.9 Å². The summed E-state index contributed by atoms with van der Waals surface area (Å²) >= 11 is 3.39. The maximum Gasteiger partial charge on any atom is 0.0420 e. The summed E-state index contributed by atoms with van der Waals surface area (Å²) in [6.45, 7) is 4.58. The second-order valence-corrected chi connectivity index (χ2v) is 6.16. The highest BCUT2D eigenvalue weighted by Gasteiger charge is 2.49. The van der Waals surface area contributed by atoms with E-state index in [0.29, 0.717) is 17.4 Å². The van der Waals surface area contributed by atoms with Crippen molar-refractivity contribution in [2.75, 3.05) is 0 Å². The van der Waals surface area contributed by atoms with E-state index in [4.69, 9.17) is 5.84 Å². The highest BCUT2D eigenvalue weighted by atomic mass is 79.9. The number of aromatic nitrogens is 1. The van der Waals surface area contributed by atoms with Crippen LogP contribution < -0.4 is 11.3 Å². The van der Waals surface area contributed by atoms with E-state index in [0.717, 1.165) is 16.6 Å². The molecule has 1 aromatic rings. The van der Waals surface area contributed by atoms with Gasteiger partial charge in [-0.1, -0.05) is 13.8 Å². The number of nitrogens with one attached hydrogen (secondary N) is 1. The number of hydrogen-bond acceptors (Lipinski definition) is 3. The number of hydrazine groups is 1.